The first-order valence-electron chi connectivity index (χ1n) is 5.26. The lowest BCUT2D eigenvalue weighted by Gasteiger charge is -2.09. The van der Waals surface area contributed by atoms with Crippen molar-refractivity contribution in [3.05, 3.63) is 45.3 Å². The molecule has 4 N–H and O–H groups in total. The Balaban J connectivity index is 2.23. The van der Waals surface area contributed by atoms with E-state index < -0.39 is 5.91 Å². The molecule has 1 aromatic heterocycles. The van der Waals surface area contributed by atoms with Gasteiger partial charge in [0.05, 0.1) is 28.1 Å². The number of nitrogens with two attached hydrogens (primary N) is 1. The Hall–Kier alpha value is -1.60. The SMILES string of the molecule is NNc1cnc(C(=O)Nc2c(Cl)cc(Cl)cc2Cl)cn1. The molecule has 0 fully saturated rings. The lowest BCUT2D eigenvalue weighted by atomic mass is 10.3. The van der Waals surface area contributed by atoms with E-state index in [1.807, 2.05) is 0 Å². The Labute approximate surface area is 129 Å². The first kappa shape index (κ1) is 14.8. The molecule has 1 heterocycles. The van der Waals surface area contributed by atoms with Crippen molar-refractivity contribution in [3.8, 4) is 0 Å². The third kappa shape index (κ3) is 3.29. The minimum Gasteiger partial charge on any atom is -0.318 e. The highest BCUT2D eigenvalue weighted by Crippen LogP contribution is 2.33. The maximum absolute atomic E-state index is 12.0. The highest BCUT2D eigenvalue weighted by molar-refractivity contribution is 6.42. The van der Waals surface area contributed by atoms with Crippen molar-refractivity contribution in [2.45, 2.75) is 0 Å². The molecule has 104 valence electrons. The van der Waals surface area contributed by atoms with Gasteiger partial charge in [-0.3, -0.25) is 4.79 Å². The topological polar surface area (TPSA) is 92.9 Å². The van der Waals surface area contributed by atoms with E-state index in [1.54, 1.807) is 0 Å². The number of carbonyl (C=O) groups excluding carboxylic acids is 1. The minimum atomic E-state index is -0.507. The molecule has 2 rings (SSSR count). The molecular weight excluding hydrogens is 325 g/mol. The van der Waals surface area contributed by atoms with Gasteiger partial charge in [-0.15, -0.1) is 0 Å². The van der Waals surface area contributed by atoms with E-state index in [-0.39, 0.29) is 21.4 Å². The first-order valence-corrected chi connectivity index (χ1v) is 6.39. The second kappa shape index (κ2) is 6.23. The Morgan fingerprint density at radius 3 is 2.25 bits per heavy atom. The Morgan fingerprint density at radius 1 is 1.10 bits per heavy atom. The number of nitrogens with one attached hydrogen (secondary N) is 2. The van der Waals surface area contributed by atoms with Crippen molar-refractivity contribution in [2.75, 3.05) is 10.7 Å². The van der Waals surface area contributed by atoms with Gasteiger partial charge in [0, 0.05) is 5.02 Å². The van der Waals surface area contributed by atoms with Crippen LogP contribution in [0.15, 0.2) is 24.5 Å². The molecule has 9 heteroatoms. The van der Waals surface area contributed by atoms with Gasteiger partial charge in [-0.1, -0.05) is 34.8 Å². The number of benzene rings is 1. The summed E-state index contributed by atoms with van der Waals surface area (Å²) in [5, 5.41) is 3.37. The Morgan fingerprint density at radius 2 is 1.75 bits per heavy atom. The van der Waals surface area contributed by atoms with Gasteiger partial charge in [-0.05, 0) is 12.1 Å². The van der Waals surface area contributed by atoms with Crippen LogP contribution in [-0.4, -0.2) is 15.9 Å². The van der Waals surface area contributed by atoms with Gasteiger partial charge >= 0.3 is 0 Å². The van der Waals surface area contributed by atoms with Crippen molar-refractivity contribution >= 4 is 52.2 Å². The lowest BCUT2D eigenvalue weighted by Crippen LogP contribution is -2.16. The number of carbonyl (C=O) groups is 1. The zero-order chi connectivity index (χ0) is 14.7. The van der Waals surface area contributed by atoms with Crippen LogP contribution in [0.5, 0.6) is 0 Å². The fourth-order valence-corrected chi connectivity index (χ4v) is 2.27. The lowest BCUT2D eigenvalue weighted by molar-refractivity contribution is 0.102. The van der Waals surface area contributed by atoms with E-state index in [9.17, 15) is 4.79 Å². The molecule has 0 atom stereocenters. The van der Waals surface area contributed by atoms with Crippen molar-refractivity contribution in [2.24, 2.45) is 5.84 Å². The summed E-state index contributed by atoms with van der Waals surface area (Å²) in [7, 11) is 0. The normalized spacial score (nSPS) is 10.2. The molecule has 0 aliphatic heterocycles. The fourth-order valence-electron chi connectivity index (χ4n) is 1.36. The quantitative estimate of drug-likeness (QED) is 0.593. The van der Waals surface area contributed by atoms with E-state index in [0.717, 1.165) is 0 Å². The van der Waals surface area contributed by atoms with Crippen LogP contribution in [-0.2, 0) is 0 Å². The third-order valence-corrected chi connectivity index (χ3v) is 3.09. The molecule has 0 saturated heterocycles. The largest absolute Gasteiger partial charge is 0.318 e. The molecule has 0 unspecified atom stereocenters. The molecular formula is C11H8Cl3N5O. The van der Waals surface area contributed by atoms with Gasteiger partial charge in [0.15, 0.2) is 5.82 Å². The second-order valence-corrected chi connectivity index (χ2v) is 4.88. The van der Waals surface area contributed by atoms with E-state index in [0.29, 0.717) is 10.8 Å². The third-order valence-electron chi connectivity index (χ3n) is 2.28. The van der Waals surface area contributed by atoms with Crippen LogP contribution in [0.4, 0.5) is 11.5 Å². The molecule has 0 spiro atoms. The molecule has 1 aromatic carbocycles. The maximum atomic E-state index is 12.0. The predicted molar refractivity (Wildman–Crippen MR) is 79.3 cm³/mol. The van der Waals surface area contributed by atoms with Gasteiger partial charge in [0.1, 0.15) is 5.69 Å². The summed E-state index contributed by atoms with van der Waals surface area (Å²) in [4.78, 5) is 19.8. The Bertz CT molecular complexity index is 624. The number of hydrogen-bond acceptors (Lipinski definition) is 5. The highest BCUT2D eigenvalue weighted by atomic mass is 35.5. The van der Waals surface area contributed by atoms with Gasteiger partial charge in [-0.25, -0.2) is 15.8 Å². The van der Waals surface area contributed by atoms with Crippen LogP contribution < -0.4 is 16.6 Å². The van der Waals surface area contributed by atoms with Crippen LogP contribution in [0.3, 0.4) is 0 Å². The van der Waals surface area contributed by atoms with Gasteiger partial charge in [-0.2, -0.15) is 0 Å². The molecule has 1 amide bonds. The number of nitrogens with zero attached hydrogens (tertiary/aromatic N) is 2. The van der Waals surface area contributed by atoms with Crippen LogP contribution in [0, 0.1) is 0 Å². The molecule has 0 bridgehead atoms. The van der Waals surface area contributed by atoms with E-state index in [4.69, 9.17) is 40.6 Å². The maximum Gasteiger partial charge on any atom is 0.275 e. The van der Waals surface area contributed by atoms with Crippen molar-refractivity contribution < 1.29 is 4.79 Å². The molecule has 0 aliphatic rings. The number of nitrogen functional groups attached to an aromatic ring is 1. The van der Waals surface area contributed by atoms with Gasteiger partial charge < -0.3 is 10.7 Å². The molecule has 0 saturated carbocycles. The molecule has 2 aromatic rings. The summed E-state index contributed by atoms with van der Waals surface area (Å²) in [6.45, 7) is 0. The van der Waals surface area contributed by atoms with Crippen molar-refractivity contribution in [3.63, 3.8) is 0 Å². The van der Waals surface area contributed by atoms with E-state index >= 15 is 0 Å². The number of hydrazine groups is 1. The average molecular weight is 333 g/mol. The fraction of sp³-hybridized carbons (Fsp3) is 0. The number of rotatable bonds is 3. The predicted octanol–water partition coefficient (Wildman–Crippen LogP) is 2.97. The molecule has 20 heavy (non-hydrogen) atoms. The summed E-state index contributed by atoms with van der Waals surface area (Å²) in [5.74, 6) is 4.98. The van der Waals surface area contributed by atoms with Crippen LogP contribution in [0.2, 0.25) is 15.1 Å². The highest BCUT2D eigenvalue weighted by Gasteiger charge is 2.14. The van der Waals surface area contributed by atoms with E-state index in [1.165, 1.54) is 24.5 Å². The summed E-state index contributed by atoms with van der Waals surface area (Å²) in [5.41, 5.74) is 2.65. The summed E-state index contributed by atoms with van der Waals surface area (Å²) < 4.78 is 0. The number of halogens is 3. The standard InChI is InChI=1S/C11H8Cl3N5O/c12-5-1-6(13)10(7(14)2-5)18-11(20)8-3-17-9(19-15)4-16-8/h1-4H,15H2,(H,17,19)(H,18,20). The van der Waals surface area contributed by atoms with Crippen molar-refractivity contribution in [1.29, 1.82) is 0 Å². The summed E-state index contributed by atoms with van der Waals surface area (Å²) >= 11 is 17.7. The number of aromatic nitrogens is 2. The number of amides is 1. The number of hydrogen-bond donors (Lipinski definition) is 3. The zero-order valence-electron chi connectivity index (χ0n) is 9.82. The zero-order valence-corrected chi connectivity index (χ0v) is 12.1. The Kier molecular flexibility index (Phi) is 4.61. The summed E-state index contributed by atoms with van der Waals surface area (Å²) in [6.07, 6.45) is 2.59. The summed E-state index contributed by atoms with van der Waals surface area (Å²) in [6, 6.07) is 2.94. The molecule has 0 aliphatic carbocycles. The first-order chi connectivity index (χ1) is 9.51. The monoisotopic (exact) mass is 331 g/mol. The van der Waals surface area contributed by atoms with Crippen molar-refractivity contribution in [1.82, 2.24) is 9.97 Å². The van der Waals surface area contributed by atoms with Crippen LogP contribution in [0.25, 0.3) is 0 Å². The smallest absolute Gasteiger partial charge is 0.275 e. The van der Waals surface area contributed by atoms with Crippen LogP contribution in [0.1, 0.15) is 10.5 Å². The van der Waals surface area contributed by atoms with Crippen LogP contribution >= 0.6 is 34.8 Å². The molecule has 6 nitrogen and oxygen atoms in total. The molecule has 0 radical (unpaired) electrons. The van der Waals surface area contributed by atoms with E-state index in [2.05, 4.69) is 20.7 Å². The minimum absolute atomic E-state index is 0.0890. The average Bonchev–Trinajstić information content (AvgIpc) is 2.42. The number of anilines is 2. The second-order valence-electron chi connectivity index (χ2n) is 3.63. The van der Waals surface area contributed by atoms with Gasteiger partial charge in [0.2, 0.25) is 0 Å². The van der Waals surface area contributed by atoms with Gasteiger partial charge in [0.25, 0.3) is 5.91 Å².